The highest BCUT2D eigenvalue weighted by Crippen LogP contribution is 2.33. The highest BCUT2D eigenvalue weighted by molar-refractivity contribution is 5.86. The average molecular weight is 250 g/mol. The van der Waals surface area contributed by atoms with E-state index in [0.717, 1.165) is 35.9 Å². The third-order valence-electron chi connectivity index (χ3n) is 3.65. The van der Waals surface area contributed by atoms with Crippen LogP contribution in [-0.2, 0) is 19.4 Å². The predicted molar refractivity (Wildman–Crippen MR) is 67.5 cm³/mol. The van der Waals surface area contributed by atoms with Gasteiger partial charge in [-0.1, -0.05) is 0 Å². The van der Waals surface area contributed by atoms with Crippen molar-refractivity contribution >= 4 is 10.9 Å². The number of nitrogens with zero attached hydrogens (tertiary/aromatic N) is 1. The van der Waals surface area contributed by atoms with Gasteiger partial charge in [-0.3, -0.25) is 0 Å². The largest absolute Gasteiger partial charge is 0.344 e. The second-order valence-electron chi connectivity index (χ2n) is 5.15. The molecule has 3 rings (SSSR count). The Kier molecular flexibility index (Phi) is 2.63. The third kappa shape index (κ3) is 1.63. The minimum Gasteiger partial charge on any atom is -0.344 e. The molecule has 2 nitrogen and oxygen atoms in total. The number of benzene rings is 1. The Hall–Kier alpha value is -1.42. The molecule has 2 N–H and O–H groups in total. The van der Waals surface area contributed by atoms with E-state index in [4.69, 9.17) is 5.73 Å². The highest BCUT2D eigenvalue weighted by atomic mass is 19.2. The van der Waals surface area contributed by atoms with Crippen LogP contribution in [0.25, 0.3) is 10.9 Å². The molecule has 0 unspecified atom stereocenters. The SMILES string of the molecule is C[C@@H](N)Cc1c2n(c3cc(F)c(F)cc13)CCC2. The van der Waals surface area contributed by atoms with Crippen molar-refractivity contribution < 1.29 is 8.78 Å². The monoisotopic (exact) mass is 250 g/mol. The molecule has 0 saturated heterocycles. The summed E-state index contributed by atoms with van der Waals surface area (Å²) in [4.78, 5) is 0. The molecule has 2 aromatic rings. The maximum atomic E-state index is 13.4. The number of hydrogen-bond acceptors (Lipinski definition) is 1. The summed E-state index contributed by atoms with van der Waals surface area (Å²) >= 11 is 0. The lowest BCUT2D eigenvalue weighted by atomic mass is 10.0. The van der Waals surface area contributed by atoms with Gasteiger partial charge in [0, 0.05) is 29.7 Å². The predicted octanol–water partition coefficient (Wildman–Crippen LogP) is 2.76. The first-order valence-electron chi connectivity index (χ1n) is 6.32. The van der Waals surface area contributed by atoms with Gasteiger partial charge in [0.05, 0.1) is 5.52 Å². The molecule has 0 bridgehead atoms. The van der Waals surface area contributed by atoms with Gasteiger partial charge in [0.15, 0.2) is 11.6 Å². The van der Waals surface area contributed by atoms with Crippen molar-refractivity contribution in [2.45, 2.75) is 38.8 Å². The fourth-order valence-corrected chi connectivity index (χ4v) is 2.96. The van der Waals surface area contributed by atoms with Crippen molar-refractivity contribution in [1.29, 1.82) is 0 Å². The van der Waals surface area contributed by atoms with E-state index in [1.165, 1.54) is 17.8 Å². The lowest BCUT2D eigenvalue weighted by Gasteiger charge is -2.06. The number of aryl methyl sites for hydroxylation is 1. The lowest BCUT2D eigenvalue weighted by molar-refractivity contribution is 0.510. The molecule has 1 atom stereocenters. The number of halogens is 2. The molecule has 0 radical (unpaired) electrons. The summed E-state index contributed by atoms with van der Waals surface area (Å²) in [6.45, 7) is 2.82. The smallest absolute Gasteiger partial charge is 0.160 e. The maximum absolute atomic E-state index is 13.4. The summed E-state index contributed by atoms with van der Waals surface area (Å²) in [5.41, 5.74) is 8.96. The zero-order chi connectivity index (χ0) is 12.9. The van der Waals surface area contributed by atoms with Crippen LogP contribution in [0.4, 0.5) is 8.78 Å². The van der Waals surface area contributed by atoms with E-state index < -0.39 is 11.6 Å². The Balaban J connectivity index is 2.29. The van der Waals surface area contributed by atoms with Crippen molar-refractivity contribution in [3.05, 3.63) is 35.0 Å². The Morgan fingerprint density at radius 2 is 2.06 bits per heavy atom. The normalized spacial score (nSPS) is 16.2. The van der Waals surface area contributed by atoms with Crippen molar-refractivity contribution in [3.8, 4) is 0 Å². The first-order chi connectivity index (χ1) is 8.58. The molecule has 0 amide bonds. The maximum Gasteiger partial charge on any atom is 0.160 e. The Bertz CT molecular complexity index is 614. The molecule has 0 aliphatic carbocycles. The van der Waals surface area contributed by atoms with Gasteiger partial charge < -0.3 is 10.3 Å². The Morgan fingerprint density at radius 1 is 1.33 bits per heavy atom. The van der Waals surface area contributed by atoms with Crippen LogP contribution in [0.2, 0.25) is 0 Å². The van der Waals surface area contributed by atoms with Gasteiger partial charge in [0.2, 0.25) is 0 Å². The lowest BCUT2D eigenvalue weighted by Crippen LogP contribution is -2.18. The highest BCUT2D eigenvalue weighted by Gasteiger charge is 2.23. The van der Waals surface area contributed by atoms with Crippen molar-refractivity contribution in [3.63, 3.8) is 0 Å². The number of nitrogens with two attached hydrogens (primary N) is 1. The molecule has 0 saturated carbocycles. The molecule has 1 aliphatic heterocycles. The van der Waals surface area contributed by atoms with Gasteiger partial charge in [-0.05, 0) is 37.8 Å². The van der Waals surface area contributed by atoms with Crippen LogP contribution < -0.4 is 5.73 Å². The van der Waals surface area contributed by atoms with E-state index in [1.54, 1.807) is 0 Å². The average Bonchev–Trinajstić information content (AvgIpc) is 2.85. The van der Waals surface area contributed by atoms with Crippen LogP contribution in [0.5, 0.6) is 0 Å². The van der Waals surface area contributed by atoms with Crippen molar-refractivity contribution in [2.75, 3.05) is 0 Å². The zero-order valence-electron chi connectivity index (χ0n) is 10.3. The van der Waals surface area contributed by atoms with Gasteiger partial charge in [-0.25, -0.2) is 8.78 Å². The number of hydrogen-bond donors (Lipinski definition) is 1. The third-order valence-corrected chi connectivity index (χ3v) is 3.65. The van der Waals surface area contributed by atoms with Crippen LogP contribution >= 0.6 is 0 Å². The number of fused-ring (bicyclic) bond motifs is 3. The molecule has 1 aliphatic rings. The molecule has 1 aromatic heterocycles. The second kappa shape index (κ2) is 4.05. The summed E-state index contributed by atoms with van der Waals surface area (Å²) in [5, 5.41) is 0.820. The van der Waals surface area contributed by atoms with E-state index in [2.05, 4.69) is 4.57 Å². The molecular formula is C14H16F2N2. The van der Waals surface area contributed by atoms with Gasteiger partial charge in [0.1, 0.15) is 0 Å². The van der Waals surface area contributed by atoms with Gasteiger partial charge >= 0.3 is 0 Å². The zero-order valence-corrected chi connectivity index (χ0v) is 10.3. The first kappa shape index (κ1) is 11.7. The van der Waals surface area contributed by atoms with E-state index >= 15 is 0 Å². The quantitative estimate of drug-likeness (QED) is 0.873. The fourth-order valence-electron chi connectivity index (χ4n) is 2.96. The van der Waals surface area contributed by atoms with Crippen molar-refractivity contribution in [2.24, 2.45) is 5.73 Å². The molecule has 2 heterocycles. The topological polar surface area (TPSA) is 30.9 Å². The molecule has 0 fully saturated rings. The van der Waals surface area contributed by atoms with Crippen molar-refractivity contribution in [1.82, 2.24) is 4.57 Å². The summed E-state index contributed by atoms with van der Waals surface area (Å²) in [7, 11) is 0. The molecule has 18 heavy (non-hydrogen) atoms. The van der Waals surface area contributed by atoms with Gasteiger partial charge in [-0.15, -0.1) is 0 Å². The Morgan fingerprint density at radius 3 is 2.78 bits per heavy atom. The van der Waals surface area contributed by atoms with Crippen LogP contribution in [0.15, 0.2) is 12.1 Å². The summed E-state index contributed by atoms with van der Waals surface area (Å²) < 4.78 is 28.9. The first-order valence-corrected chi connectivity index (χ1v) is 6.32. The van der Waals surface area contributed by atoms with Crippen LogP contribution in [0.3, 0.4) is 0 Å². The molecule has 96 valence electrons. The van der Waals surface area contributed by atoms with Crippen LogP contribution in [-0.4, -0.2) is 10.6 Å². The van der Waals surface area contributed by atoms with E-state index in [1.807, 2.05) is 6.92 Å². The molecule has 1 aromatic carbocycles. The second-order valence-corrected chi connectivity index (χ2v) is 5.15. The van der Waals surface area contributed by atoms with Gasteiger partial charge in [-0.2, -0.15) is 0 Å². The van der Waals surface area contributed by atoms with E-state index in [0.29, 0.717) is 6.42 Å². The molecule has 4 heteroatoms. The summed E-state index contributed by atoms with van der Waals surface area (Å²) in [5.74, 6) is -1.56. The minimum absolute atomic E-state index is 0.0222. The minimum atomic E-state index is -0.780. The number of aromatic nitrogens is 1. The summed E-state index contributed by atoms with van der Waals surface area (Å²) in [6, 6.07) is 2.65. The molecule has 0 spiro atoms. The van der Waals surface area contributed by atoms with E-state index in [9.17, 15) is 8.78 Å². The van der Waals surface area contributed by atoms with Crippen LogP contribution in [0, 0.1) is 11.6 Å². The van der Waals surface area contributed by atoms with Crippen LogP contribution in [0.1, 0.15) is 24.6 Å². The van der Waals surface area contributed by atoms with E-state index in [-0.39, 0.29) is 6.04 Å². The summed E-state index contributed by atoms with van der Waals surface area (Å²) in [6.07, 6.45) is 2.75. The number of rotatable bonds is 2. The standard InChI is InChI=1S/C14H16F2N2/c1-8(17)5-9-10-6-11(15)12(16)7-14(10)18-4-2-3-13(9)18/h6-8H,2-5,17H2,1H3/t8-/m1/s1. The fraction of sp³-hybridized carbons (Fsp3) is 0.429. The van der Waals surface area contributed by atoms with Gasteiger partial charge in [0.25, 0.3) is 0 Å². The Labute approximate surface area is 104 Å². The molecular weight excluding hydrogens is 234 g/mol.